The van der Waals surface area contributed by atoms with Gasteiger partial charge in [0.2, 0.25) is 15.9 Å². The van der Waals surface area contributed by atoms with E-state index in [0.717, 1.165) is 22.3 Å². The highest BCUT2D eigenvalue weighted by Gasteiger charge is 2.27. The number of nitrogens with one attached hydrogen (secondary N) is 1. The molecule has 0 spiro atoms. The SMILES string of the molecule is Cc1cccc(CN(CC(=O)Nc2c(C)cccc2C)S(=O)(=O)c2ccc(Cl)cc2)c1. The van der Waals surface area contributed by atoms with E-state index in [0.29, 0.717) is 10.7 Å². The summed E-state index contributed by atoms with van der Waals surface area (Å²) in [6.45, 7) is 5.50. The van der Waals surface area contributed by atoms with Crippen LogP contribution in [0.2, 0.25) is 5.02 Å². The summed E-state index contributed by atoms with van der Waals surface area (Å²) in [6, 6.07) is 19.2. The van der Waals surface area contributed by atoms with E-state index in [1.54, 1.807) is 0 Å². The molecule has 0 bridgehead atoms. The molecule has 0 aliphatic carbocycles. The lowest BCUT2D eigenvalue weighted by Gasteiger charge is -2.23. The molecule has 0 atom stereocenters. The van der Waals surface area contributed by atoms with Gasteiger partial charge in [-0.3, -0.25) is 4.79 Å². The van der Waals surface area contributed by atoms with Gasteiger partial charge in [-0.25, -0.2) is 8.42 Å². The molecule has 0 aliphatic rings. The maximum Gasteiger partial charge on any atom is 0.243 e. The van der Waals surface area contributed by atoms with Crippen molar-refractivity contribution in [1.29, 1.82) is 0 Å². The van der Waals surface area contributed by atoms with Crippen molar-refractivity contribution in [1.82, 2.24) is 4.31 Å². The van der Waals surface area contributed by atoms with Crippen molar-refractivity contribution in [3.63, 3.8) is 0 Å². The molecule has 3 aromatic carbocycles. The lowest BCUT2D eigenvalue weighted by atomic mass is 10.1. The van der Waals surface area contributed by atoms with E-state index in [1.165, 1.54) is 28.6 Å². The van der Waals surface area contributed by atoms with Gasteiger partial charge in [-0.2, -0.15) is 4.31 Å². The first-order valence-electron chi connectivity index (χ1n) is 9.84. The molecule has 7 heteroatoms. The van der Waals surface area contributed by atoms with Gasteiger partial charge >= 0.3 is 0 Å². The smallest absolute Gasteiger partial charge is 0.243 e. The van der Waals surface area contributed by atoms with Gasteiger partial charge in [0.25, 0.3) is 0 Å². The van der Waals surface area contributed by atoms with Crippen LogP contribution >= 0.6 is 11.6 Å². The van der Waals surface area contributed by atoms with E-state index in [9.17, 15) is 13.2 Å². The van der Waals surface area contributed by atoms with Crippen molar-refractivity contribution < 1.29 is 13.2 Å². The standard InChI is InChI=1S/C24H25ClN2O3S/c1-17-6-4-9-20(14-17)15-27(31(29,30)22-12-10-21(25)11-13-22)16-23(28)26-24-18(2)7-5-8-19(24)3/h4-14H,15-16H2,1-3H3,(H,26,28). The van der Waals surface area contributed by atoms with Crippen LogP contribution in [-0.2, 0) is 21.4 Å². The fourth-order valence-electron chi connectivity index (χ4n) is 3.35. The monoisotopic (exact) mass is 456 g/mol. The third-order valence-corrected chi connectivity index (χ3v) is 7.02. The molecule has 162 valence electrons. The summed E-state index contributed by atoms with van der Waals surface area (Å²) in [6.07, 6.45) is 0. The van der Waals surface area contributed by atoms with Crippen LogP contribution in [0.25, 0.3) is 0 Å². The highest BCUT2D eigenvalue weighted by atomic mass is 35.5. The summed E-state index contributed by atoms with van der Waals surface area (Å²) < 4.78 is 27.9. The van der Waals surface area contributed by atoms with E-state index in [4.69, 9.17) is 11.6 Å². The number of halogens is 1. The molecule has 0 heterocycles. The molecule has 0 aliphatic heterocycles. The molecule has 31 heavy (non-hydrogen) atoms. The van der Waals surface area contributed by atoms with Gasteiger partial charge in [0.15, 0.2) is 0 Å². The number of benzene rings is 3. The zero-order chi connectivity index (χ0) is 22.6. The maximum atomic E-state index is 13.4. The summed E-state index contributed by atoms with van der Waals surface area (Å²) in [5.74, 6) is -0.400. The lowest BCUT2D eigenvalue weighted by molar-refractivity contribution is -0.116. The Morgan fingerprint density at radius 1 is 0.935 bits per heavy atom. The van der Waals surface area contributed by atoms with Crippen LogP contribution in [0.4, 0.5) is 5.69 Å². The molecular weight excluding hydrogens is 432 g/mol. The van der Waals surface area contributed by atoms with Crippen LogP contribution in [0.5, 0.6) is 0 Å². The predicted molar refractivity (Wildman–Crippen MR) is 125 cm³/mol. The van der Waals surface area contributed by atoms with Crippen LogP contribution < -0.4 is 5.32 Å². The van der Waals surface area contributed by atoms with Crippen molar-refractivity contribution >= 4 is 33.2 Å². The Morgan fingerprint density at radius 2 is 1.55 bits per heavy atom. The van der Waals surface area contributed by atoms with E-state index >= 15 is 0 Å². The first-order valence-corrected chi connectivity index (χ1v) is 11.7. The number of hydrogen-bond acceptors (Lipinski definition) is 3. The molecule has 1 amide bonds. The van der Waals surface area contributed by atoms with Gasteiger partial charge in [0.1, 0.15) is 0 Å². The molecule has 5 nitrogen and oxygen atoms in total. The van der Waals surface area contributed by atoms with Crippen LogP contribution in [0, 0.1) is 20.8 Å². The molecule has 0 aromatic heterocycles. The summed E-state index contributed by atoms with van der Waals surface area (Å²) in [7, 11) is -3.92. The second kappa shape index (κ2) is 9.64. The fraction of sp³-hybridized carbons (Fsp3) is 0.208. The molecule has 0 fully saturated rings. The van der Waals surface area contributed by atoms with Crippen LogP contribution in [0.3, 0.4) is 0 Å². The fourth-order valence-corrected chi connectivity index (χ4v) is 4.86. The Balaban J connectivity index is 1.91. The molecule has 0 radical (unpaired) electrons. The van der Waals surface area contributed by atoms with Gasteiger partial charge in [0, 0.05) is 17.3 Å². The average molecular weight is 457 g/mol. The van der Waals surface area contributed by atoms with E-state index in [2.05, 4.69) is 5.32 Å². The molecule has 0 saturated carbocycles. The van der Waals surface area contributed by atoms with Crippen LogP contribution in [0.15, 0.2) is 71.6 Å². The molecule has 0 saturated heterocycles. The number of sulfonamides is 1. The average Bonchev–Trinajstić information content (AvgIpc) is 2.71. The van der Waals surface area contributed by atoms with Crippen molar-refractivity contribution in [3.8, 4) is 0 Å². The Labute approximate surface area is 188 Å². The summed E-state index contributed by atoms with van der Waals surface area (Å²) in [5.41, 5.74) is 4.35. The zero-order valence-electron chi connectivity index (χ0n) is 17.7. The van der Waals surface area contributed by atoms with Gasteiger partial charge in [0.05, 0.1) is 11.4 Å². The molecule has 0 unspecified atom stereocenters. The molecule has 3 rings (SSSR count). The predicted octanol–water partition coefficient (Wildman–Crippen LogP) is 5.09. The van der Waals surface area contributed by atoms with Gasteiger partial charge < -0.3 is 5.32 Å². The van der Waals surface area contributed by atoms with Crippen molar-refractivity contribution in [3.05, 3.63) is 94.0 Å². The Hall–Kier alpha value is -2.67. The number of carbonyl (C=O) groups is 1. The number of hydrogen-bond donors (Lipinski definition) is 1. The quantitative estimate of drug-likeness (QED) is 0.538. The van der Waals surface area contributed by atoms with Gasteiger partial charge in [-0.15, -0.1) is 0 Å². The van der Waals surface area contributed by atoms with E-state index in [1.807, 2.05) is 63.2 Å². The lowest BCUT2D eigenvalue weighted by Crippen LogP contribution is -2.37. The minimum absolute atomic E-state index is 0.0762. The second-order valence-corrected chi connectivity index (χ2v) is 9.91. The first kappa shape index (κ1) is 23.0. The Kier molecular flexibility index (Phi) is 7.15. The van der Waals surface area contributed by atoms with Crippen LogP contribution in [-0.4, -0.2) is 25.2 Å². The Morgan fingerprint density at radius 3 is 2.16 bits per heavy atom. The maximum absolute atomic E-state index is 13.4. The zero-order valence-corrected chi connectivity index (χ0v) is 19.3. The Bertz CT molecular complexity index is 1170. The first-order chi connectivity index (χ1) is 14.7. The number of aryl methyl sites for hydroxylation is 3. The van der Waals surface area contributed by atoms with Crippen LogP contribution in [0.1, 0.15) is 22.3 Å². The van der Waals surface area contributed by atoms with Gasteiger partial charge in [-0.05, 0) is 61.7 Å². The highest BCUT2D eigenvalue weighted by molar-refractivity contribution is 7.89. The summed E-state index contributed by atoms with van der Waals surface area (Å²) in [5, 5.41) is 3.31. The number of carbonyl (C=O) groups excluding carboxylic acids is 1. The number of para-hydroxylation sites is 1. The third-order valence-electron chi connectivity index (χ3n) is 4.96. The molecule has 1 N–H and O–H groups in total. The topological polar surface area (TPSA) is 66.5 Å². The minimum Gasteiger partial charge on any atom is -0.324 e. The van der Waals surface area contributed by atoms with Crippen molar-refractivity contribution in [2.45, 2.75) is 32.2 Å². The van der Waals surface area contributed by atoms with E-state index in [-0.39, 0.29) is 18.0 Å². The van der Waals surface area contributed by atoms with Crippen molar-refractivity contribution in [2.75, 3.05) is 11.9 Å². The van der Waals surface area contributed by atoms with Gasteiger partial charge in [-0.1, -0.05) is 59.6 Å². The number of anilines is 1. The summed E-state index contributed by atoms with van der Waals surface area (Å²) >= 11 is 5.92. The third kappa shape index (κ3) is 5.73. The largest absolute Gasteiger partial charge is 0.324 e. The number of amides is 1. The number of rotatable bonds is 7. The molecular formula is C24H25ClN2O3S. The van der Waals surface area contributed by atoms with Crippen molar-refractivity contribution in [2.24, 2.45) is 0 Å². The van der Waals surface area contributed by atoms with E-state index < -0.39 is 15.9 Å². The molecule has 3 aromatic rings. The summed E-state index contributed by atoms with van der Waals surface area (Å²) in [4.78, 5) is 13.0. The number of nitrogens with zero attached hydrogens (tertiary/aromatic N) is 1. The minimum atomic E-state index is -3.92. The normalized spacial score (nSPS) is 11.5. The second-order valence-electron chi connectivity index (χ2n) is 7.53. The highest BCUT2D eigenvalue weighted by Crippen LogP contribution is 2.23.